The normalized spacial score (nSPS) is 10.1. The molecule has 0 aromatic carbocycles. The molecule has 2 heteroatoms. The van der Waals surface area contributed by atoms with Crippen LogP contribution in [0, 0.1) is 0 Å². The van der Waals surface area contributed by atoms with E-state index in [0.717, 1.165) is 0 Å². The van der Waals surface area contributed by atoms with Crippen LogP contribution < -0.4 is 0 Å². The van der Waals surface area contributed by atoms with Crippen molar-refractivity contribution in [2.75, 3.05) is 0 Å². The average molecular weight is 109 g/mol. The first kappa shape index (κ1) is 6.86. The van der Waals surface area contributed by atoms with E-state index in [9.17, 15) is 4.79 Å². The zero-order valence-electron chi connectivity index (χ0n) is 4.66. The zero-order chi connectivity index (χ0) is 6.24. The number of allylic oxidation sites excluding steroid dienone is 3. The van der Waals surface area contributed by atoms with E-state index in [2.05, 4.69) is 4.99 Å². The molecule has 0 radical (unpaired) electrons. The highest BCUT2D eigenvalue weighted by atomic mass is 16.1. The Bertz CT molecular complexity index is 141. The van der Waals surface area contributed by atoms with Gasteiger partial charge >= 0.3 is 0 Å². The molecule has 0 unspecified atom stereocenters. The van der Waals surface area contributed by atoms with Gasteiger partial charge in [0.1, 0.15) is 0 Å². The summed E-state index contributed by atoms with van der Waals surface area (Å²) in [6.45, 7) is 1.88. The Morgan fingerprint density at radius 3 is 2.75 bits per heavy atom. The number of carbonyl (C=O) groups excluding carboxylic acids is 1. The Kier molecular flexibility index (Phi) is 5.02. The van der Waals surface area contributed by atoms with Gasteiger partial charge in [0.15, 0.2) is 0 Å². The summed E-state index contributed by atoms with van der Waals surface area (Å²) in [6.07, 6.45) is 8.04. The Labute approximate surface area is 48.2 Å². The predicted octanol–water partition coefficient (Wildman–Crippen LogP) is 1.41. The molecule has 0 atom stereocenters. The summed E-state index contributed by atoms with van der Waals surface area (Å²) in [6, 6.07) is 0. The molecular formula is C6H7NO. The number of rotatable bonds is 2. The Hall–Kier alpha value is -1.14. The van der Waals surface area contributed by atoms with Gasteiger partial charge in [-0.1, -0.05) is 12.2 Å². The number of hydrogen-bond donors (Lipinski definition) is 0. The van der Waals surface area contributed by atoms with E-state index < -0.39 is 0 Å². The van der Waals surface area contributed by atoms with Crippen molar-refractivity contribution < 1.29 is 4.79 Å². The van der Waals surface area contributed by atoms with E-state index in [0.29, 0.717) is 0 Å². The number of nitrogens with zero attached hydrogens (tertiary/aromatic N) is 1. The van der Waals surface area contributed by atoms with Crippen LogP contribution >= 0.6 is 0 Å². The van der Waals surface area contributed by atoms with Crippen molar-refractivity contribution in [3.05, 3.63) is 24.4 Å². The molecule has 0 bridgehead atoms. The maximum Gasteiger partial charge on any atom is 0.239 e. The van der Waals surface area contributed by atoms with Crippen LogP contribution in [-0.4, -0.2) is 6.08 Å². The van der Waals surface area contributed by atoms with Crippen LogP contribution in [0.1, 0.15) is 6.92 Å². The number of isocyanates is 1. The van der Waals surface area contributed by atoms with Crippen LogP contribution in [0.25, 0.3) is 0 Å². The minimum Gasteiger partial charge on any atom is -0.211 e. The highest BCUT2D eigenvalue weighted by molar-refractivity contribution is 5.34. The predicted molar refractivity (Wildman–Crippen MR) is 32.1 cm³/mol. The third-order valence-electron chi connectivity index (χ3n) is 0.517. The van der Waals surface area contributed by atoms with Crippen molar-refractivity contribution in [2.45, 2.75) is 6.92 Å². The molecule has 0 saturated heterocycles. The lowest BCUT2D eigenvalue weighted by molar-refractivity contribution is 0.565. The molecule has 0 rings (SSSR count). The SMILES string of the molecule is C/C=C/C=C/N=C=O. The molecule has 0 aliphatic heterocycles. The highest BCUT2D eigenvalue weighted by Gasteiger charge is 1.56. The fourth-order valence-electron chi connectivity index (χ4n) is 0.234. The zero-order valence-corrected chi connectivity index (χ0v) is 4.66. The van der Waals surface area contributed by atoms with Gasteiger partial charge in [0.2, 0.25) is 6.08 Å². The van der Waals surface area contributed by atoms with Crippen molar-refractivity contribution in [1.29, 1.82) is 0 Å². The summed E-state index contributed by atoms with van der Waals surface area (Å²) >= 11 is 0. The first-order valence-electron chi connectivity index (χ1n) is 2.26. The van der Waals surface area contributed by atoms with E-state index in [1.807, 2.05) is 13.0 Å². The second-order valence-electron chi connectivity index (χ2n) is 1.09. The topological polar surface area (TPSA) is 29.4 Å². The maximum atomic E-state index is 9.40. The first-order valence-corrected chi connectivity index (χ1v) is 2.26. The first-order chi connectivity index (χ1) is 3.91. The summed E-state index contributed by atoms with van der Waals surface area (Å²) in [5.74, 6) is 0. The van der Waals surface area contributed by atoms with Crippen LogP contribution in [0.15, 0.2) is 29.4 Å². The molecule has 0 saturated carbocycles. The van der Waals surface area contributed by atoms with Gasteiger partial charge in [-0.25, -0.2) is 4.79 Å². The minimum atomic E-state index is 1.38. The molecule has 2 nitrogen and oxygen atoms in total. The summed E-state index contributed by atoms with van der Waals surface area (Å²) in [7, 11) is 0. The molecule has 0 fully saturated rings. The van der Waals surface area contributed by atoms with E-state index >= 15 is 0 Å². The van der Waals surface area contributed by atoms with Gasteiger partial charge in [0, 0.05) is 6.20 Å². The Morgan fingerprint density at radius 1 is 1.50 bits per heavy atom. The van der Waals surface area contributed by atoms with Crippen LogP contribution in [0.3, 0.4) is 0 Å². The summed E-state index contributed by atoms with van der Waals surface area (Å²) < 4.78 is 0. The van der Waals surface area contributed by atoms with Gasteiger partial charge in [-0.05, 0) is 13.0 Å². The Balaban J connectivity index is 3.50. The molecule has 0 N–H and O–H groups in total. The standard InChI is InChI=1S/C6H7NO/c1-2-3-4-5-7-6-8/h2-5H,1H3/b3-2+,5-4+. The van der Waals surface area contributed by atoms with Gasteiger partial charge in [0.25, 0.3) is 0 Å². The van der Waals surface area contributed by atoms with Gasteiger partial charge in [0.05, 0.1) is 0 Å². The van der Waals surface area contributed by atoms with Gasteiger partial charge in [-0.2, -0.15) is 4.99 Å². The van der Waals surface area contributed by atoms with Crippen LogP contribution in [0.5, 0.6) is 0 Å². The van der Waals surface area contributed by atoms with Crippen molar-refractivity contribution in [1.82, 2.24) is 0 Å². The van der Waals surface area contributed by atoms with Crippen molar-refractivity contribution in [3.63, 3.8) is 0 Å². The molecule has 0 aromatic rings. The third kappa shape index (κ3) is 4.86. The van der Waals surface area contributed by atoms with Crippen LogP contribution in [0.4, 0.5) is 0 Å². The van der Waals surface area contributed by atoms with Gasteiger partial charge in [-0.3, -0.25) is 0 Å². The average Bonchev–Trinajstić information content (AvgIpc) is 1.81. The van der Waals surface area contributed by atoms with Gasteiger partial charge < -0.3 is 0 Å². The lowest BCUT2D eigenvalue weighted by Crippen LogP contribution is -1.47. The maximum absolute atomic E-state index is 9.40. The van der Waals surface area contributed by atoms with Crippen molar-refractivity contribution in [3.8, 4) is 0 Å². The van der Waals surface area contributed by atoms with Gasteiger partial charge in [-0.15, -0.1) is 0 Å². The smallest absolute Gasteiger partial charge is 0.211 e. The molecule has 0 aliphatic carbocycles. The lowest BCUT2D eigenvalue weighted by Gasteiger charge is -1.64. The molecule has 42 valence electrons. The minimum absolute atomic E-state index is 1.38. The highest BCUT2D eigenvalue weighted by Crippen LogP contribution is 1.74. The van der Waals surface area contributed by atoms with E-state index in [1.165, 1.54) is 12.3 Å². The number of hydrogen-bond acceptors (Lipinski definition) is 2. The quantitative estimate of drug-likeness (QED) is 0.299. The van der Waals surface area contributed by atoms with Crippen molar-refractivity contribution in [2.24, 2.45) is 4.99 Å². The monoisotopic (exact) mass is 109 g/mol. The lowest BCUT2D eigenvalue weighted by atomic mass is 10.5. The van der Waals surface area contributed by atoms with Crippen LogP contribution in [0.2, 0.25) is 0 Å². The molecule has 0 heterocycles. The van der Waals surface area contributed by atoms with E-state index in [-0.39, 0.29) is 0 Å². The second kappa shape index (κ2) is 5.86. The van der Waals surface area contributed by atoms with Crippen molar-refractivity contribution >= 4 is 6.08 Å². The largest absolute Gasteiger partial charge is 0.239 e. The van der Waals surface area contributed by atoms with Crippen LogP contribution in [-0.2, 0) is 4.79 Å². The number of aliphatic imine (C=N–C) groups is 1. The molecule has 8 heavy (non-hydrogen) atoms. The molecular weight excluding hydrogens is 102 g/mol. The Morgan fingerprint density at radius 2 is 2.25 bits per heavy atom. The molecule has 0 amide bonds. The molecule has 0 aromatic heterocycles. The second-order valence-corrected chi connectivity index (χ2v) is 1.09. The fourth-order valence-corrected chi connectivity index (χ4v) is 0.234. The fraction of sp³-hybridized carbons (Fsp3) is 0.167. The summed E-state index contributed by atoms with van der Waals surface area (Å²) in [4.78, 5) is 12.6. The molecule has 0 aliphatic rings. The van der Waals surface area contributed by atoms with E-state index in [4.69, 9.17) is 0 Å². The summed E-state index contributed by atoms with van der Waals surface area (Å²) in [5.41, 5.74) is 0. The third-order valence-corrected chi connectivity index (χ3v) is 0.517. The summed E-state index contributed by atoms with van der Waals surface area (Å²) in [5, 5.41) is 0. The molecule has 0 spiro atoms. The van der Waals surface area contributed by atoms with E-state index in [1.54, 1.807) is 12.2 Å².